The van der Waals surface area contributed by atoms with Gasteiger partial charge >= 0.3 is 11.9 Å². The Morgan fingerprint density at radius 1 is 1.57 bits per heavy atom. The molecule has 2 bridgehead atoms. The monoisotopic (exact) mass is 319 g/mol. The van der Waals surface area contributed by atoms with Gasteiger partial charge in [-0.2, -0.15) is 5.26 Å². The number of esters is 2. The summed E-state index contributed by atoms with van der Waals surface area (Å²) in [6, 6.07) is 2.12. The number of carbonyl (C=O) groups is 2. The summed E-state index contributed by atoms with van der Waals surface area (Å²) in [5, 5.41) is 9.33. The Bertz CT molecular complexity index is 639. The van der Waals surface area contributed by atoms with Gasteiger partial charge in [0.15, 0.2) is 11.7 Å². The predicted molar refractivity (Wildman–Crippen MR) is 73.4 cm³/mol. The lowest BCUT2D eigenvalue weighted by atomic mass is 9.75. The molecule has 0 aromatic heterocycles. The summed E-state index contributed by atoms with van der Waals surface area (Å²) in [7, 11) is 0. The van der Waals surface area contributed by atoms with Gasteiger partial charge in [0.1, 0.15) is 24.9 Å². The molecule has 0 aromatic rings. The summed E-state index contributed by atoms with van der Waals surface area (Å²) in [6.07, 6.45) is -0.461. The van der Waals surface area contributed by atoms with Crippen LogP contribution in [-0.2, 0) is 28.5 Å². The standard InChI is InChI=1S/C16H17NO6/c1-7(2)11-14(22-11)20-5-10(18)21-12-8-3-9-13(12)23-15(19)16(9,4-8)6-17/h8-9,11-14H,1,3-5H2,2H3/t8?,9?,11-,12?,13?,14?,16?/m0/s1. The number of hydrogen-bond donors (Lipinski definition) is 0. The van der Waals surface area contributed by atoms with Crippen molar-refractivity contribution >= 4 is 11.9 Å². The first-order valence-electron chi connectivity index (χ1n) is 7.70. The van der Waals surface area contributed by atoms with E-state index in [1.165, 1.54) is 0 Å². The first-order chi connectivity index (χ1) is 11.0. The minimum Gasteiger partial charge on any atom is -0.457 e. The van der Waals surface area contributed by atoms with E-state index in [1.54, 1.807) is 0 Å². The van der Waals surface area contributed by atoms with Crippen LogP contribution in [0, 0.1) is 28.6 Å². The fourth-order valence-electron chi connectivity index (χ4n) is 4.20. The van der Waals surface area contributed by atoms with Crippen LogP contribution in [0.15, 0.2) is 12.2 Å². The molecule has 0 spiro atoms. The summed E-state index contributed by atoms with van der Waals surface area (Å²) in [5.74, 6) is -1.14. The van der Waals surface area contributed by atoms with Gasteiger partial charge in [-0.15, -0.1) is 0 Å². The second-order valence-electron chi connectivity index (χ2n) is 6.80. The smallest absolute Gasteiger partial charge is 0.332 e. The number of carbonyl (C=O) groups excluding carboxylic acids is 2. The van der Waals surface area contributed by atoms with E-state index < -0.39 is 35.9 Å². The Labute approximate surface area is 133 Å². The average Bonchev–Trinajstić information content (AvgIpc) is 3.03. The third-order valence-corrected chi connectivity index (χ3v) is 5.34. The lowest BCUT2D eigenvalue weighted by Crippen LogP contribution is -2.40. The first kappa shape index (κ1) is 14.7. The van der Waals surface area contributed by atoms with Gasteiger partial charge in [-0.25, -0.2) is 4.79 Å². The zero-order valence-electron chi connectivity index (χ0n) is 12.7. The fourth-order valence-corrected chi connectivity index (χ4v) is 4.20. The van der Waals surface area contributed by atoms with Gasteiger partial charge in [-0.1, -0.05) is 6.58 Å². The first-order valence-corrected chi connectivity index (χ1v) is 7.70. The van der Waals surface area contributed by atoms with Crippen LogP contribution in [0.4, 0.5) is 0 Å². The Kier molecular flexibility index (Phi) is 3.06. The van der Waals surface area contributed by atoms with Crippen molar-refractivity contribution < 1.29 is 28.5 Å². The van der Waals surface area contributed by atoms with Crippen molar-refractivity contribution in [3.05, 3.63) is 12.2 Å². The normalized spacial score (nSPS) is 45.5. The molecule has 4 rings (SSSR count). The number of nitrogens with zero attached hydrogens (tertiary/aromatic N) is 1. The molecule has 4 fully saturated rings. The molecule has 4 aliphatic rings. The van der Waals surface area contributed by atoms with Crippen LogP contribution in [0.1, 0.15) is 19.8 Å². The van der Waals surface area contributed by atoms with Crippen LogP contribution in [0.25, 0.3) is 0 Å². The summed E-state index contributed by atoms with van der Waals surface area (Å²) < 4.78 is 21.3. The Balaban J connectivity index is 1.33. The maximum Gasteiger partial charge on any atom is 0.332 e. The van der Waals surface area contributed by atoms with Gasteiger partial charge in [0.05, 0.1) is 6.07 Å². The molecule has 2 aliphatic heterocycles. The highest BCUT2D eigenvalue weighted by Gasteiger charge is 2.72. The quantitative estimate of drug-likeness (QED) is 0.418. The van der Waals surface area contributed by atoms with Crippen LogP contribution in [-0.4, -0.2) is 43.1 Å². The van der Waals surface area contributed by atoms with E-state index in [9.17, 15) is 14.9 Å². The van der Waals surface area contributed by atoms with Crippen molar-refractivity contribution in [2.45, 2.75) is 44.4 Å². The van der Waals surface area contributed by atoms with Crippen molar-refractivity contribution in [3.63, 3.8) is 0 Å². The van der Waals surface area contributed by atoms with Gasteiger partial charge < -0.3 is 18.9 Å². The maximum absolute atomic E-state index is 12.0. The highest BCUT2D eigenvalue weighted by atomic mass is 16.8. The largest absolute Gasteiger partial charge is 0.457 e. The molecule has 6 unspecified atom stereocenters. The molecule has 23 heavy (non-hydrogen) atoms. The van der Waals surface area contributed by atoms with E-state index in [-0.39, 0.29) is 24.5 Å². The molecule has 2 aliphatic carbocycles. The van der Waals surface area contributed by atoms with E-state index >= 15 is 0 Å². The molecule has 7 nitrogen and oxygen atoms in total. The van der Waals surface area contributed by atoms with Crippen molar-refractivity contribution in [1.29, 1.82) is 5.26 Å². The van der Waals surface area contributed by atoms with Crippen LogP contribution < -0.4 is 0 Å². The summed E-state index contributed by atoms with van der Waals surface area (Å²) in [5.41, 5.74) is -0.173. The van der Waals surface area contributed by atoms with E-state index in [0.29, 0.717) is 12.8 Å². The minimum absolute atomic E-state index is 0.000364. The van der Waals surface area contributed by atoms with Crippen molar-refractivity contribution in [2.24, 2.45) is 17.3 Å². The second kappa shape index (κ2) is 4.79. The van der Waals surface area contributed by atoms with E-state index in [4.69, 9.17) is 18.9 Å². The van der Waals surface area contributed by atoms with Crippen molar-refractivity contribution in [3.8, 4) is 6.07 Å². The third-order valence-electron chi connectivity index (χ3n) is 5.34. The molecule has 0 N–H and O–H groups in total. The molecular weight excluding hydrogens is 302 g/mol. The number of nitriles is 1. The van der Waals surface area contributed by atoms with Crippen LogP contribution in [0.5, 0.6) is 0 Å². The molecule has 7 heteroatoms. The zero-order chi connectivity index (χ0) is 16.4. The minimum atomic E-state index is -1.02. The zero-order valence-corrected chi connectivity index (χ0v) is 12.7. The van der Waals surface area contributed by atoms with Gasteiger partial charge in [0.25, 0.3) is 0 Å². The average molecular weight is 319 g/mol. The molecule has 0 amide bonds. The molecule has 2 saturated carbocycles. The van der Waals surface area contributed by atoms with Crippen LogP contribution >= 0.6 is 0 Å². The highest BCUT2D eigenvalue weighted by molar-refractivity contribution is 5.84. The maximum atomic E-state index is 12.0. The number of fused-ring (bicyclic) bond motifs is 1. The Morgan fingerprint density at radius 2 is 2.35 bits per heavy atom. The lowest BCUT2D eigenvalue weighted by Gasteiger charge is -2.27. The van der Waals surface area contributed by atoms with Crippen LogP contribution in [0.3, 0.4) is 0 Å². The van der Waals surface area contributed by atoms with Crippen molar-refractivity contribution in [2.75, 3.05) is 6.61 Å². The van der Waals surface area contributed by atoms with E-state index in [1.807, 2.05) is 6.92 Å². The number of hydrogen-bond acceptors (Lipinski definition) is 7. The van der Waals surface area contributed by atoms with Gasteiger partial charge in [0.2, 0.25) is 0 Å². The number of ether oxygens (including phenoxy) is 4. The van der Waals surface area contributed by atoms with Gasteiger partial charge in [-0.05, 0) is 25.3 Å². The van der Waals surface area contributed by atoms with Crippen molar-refractivity contribution in [1.82, 2.24) is 0 Å². The third kappa shape index (κ3) is 2.02. The molecule has 0 aromatic carbocycles. The Morgan fingerprint density at radius 3 is 3.00 bits per heavy atom. The molecule has 2 heterocycles. The topological polar surface area (TPSA) is 98.2 Å². The number of epoxide rings is 1. The molecule has 0 radical (unpaired) electrons. The van der Waals surface area contributed by atoms with Crippen LogP contribution in [0.2, 0.25) is 0 Å². The molecular formula is C16H17NO6. The number of rotatable bonds is 5. The van der Waals surface area contributed by atoms with Gasteiger partial charge in [-0.3, -0.25) is 4.79 Å². The van der Waals surface area contributed by atoms with E-state index in [2.05, 4.69) is 12.6 Å². The van der Waals surface area contributed by atoms with E-state index in [0.717, 1.165) is 5.57 Å². The lowest BCUT2D eigenvalue weighted by molar-refractivity contribution is -0.167. The molecule has 2 saturated heterocycles. The fraction of sp³-hybridized carbons (Fsp3) is 0.688. The highest BCUT2D eigenvalue weighted by Crippen LogP contribution is 2.62. The molecule has 7 atom stereocenters. The summed E-state index contributed by atoms with van der Waals surface area (Å²) >= 11 is 0. The SMILES string of the molecule is C=C(C)[C@@H]1OC1OCC(=O)OC1C2CC3C1OC(=O)C3(C#N)C2. The predicted octanol–water partition coefficient (Wildman–Crippen LogP) is 0.691. The summed E-state index contributed by atoms with van der Waals surface area (Å²) in [4.78, 5) is 23.9. The Hall–Kier alpha value is -1.91. The summed E-state index contributed by atoms with van der Waals surface area (Å²) in [6.45, 7) is 5.37. The molecule has 122 valence electrons. The second-order valence-corrected chi connectivity index (χ2v) is 6.80. The van der Waals surface area contributed by atoms with Gasteiger partial charge in [0, 0.05) is 11.8 Å².